The number of aromatic hydroxyl groups is 1. The SMILES string of the molecule is COc1cc(C2Oc3c(OC)cc(/C=C/C=O)cc3C2CO)cc(OC)c1O. The summed E-state index contributed by atoms with van der Waals surface area (Å²) in [6.07, 6.45) is 3.20. The lowest BCUT2D eigenvalue weighted by Crippen LogP contribution is -2.13. The van der Waals surface area contributed by atoms with Crippen molar-refractivity contribution in [3.05, 3.63) is 47.0 Å². The highest BCUT2D eigenvalue weighted by molar-refractivity contribution is 5.75. The van der Waals surface area contributed by atoms with Crippen molar-refractivity contribution in [2.75, 3.05) is 27.9 Å². The standard InChI is InChI=1S/C21H22O7/c1-25-16-9-13(10-17(26-2)19(16)24)20-15(11-23)14-7-12(5-4-6-22)8-18(27-3)21(14)28-20/h4-10,15,20,23-24H,11H2,1-3H3/b5-4+. The number of ether oxygens (including phenoxy) is 4. The molecule has 0 aliphatic carbocycles. The van der Waals surface area contributed by atoms with Crippen LogP contribution in [0.4, 0.5) is 0 Å². The molecule has 0 radical (unpaired) electrons. The zero-order valence-corrected chi connectivity index (χ0v) is 15.8. The summed E-state index contributed by atoms with van der Waals surface area (Å²) in [6, 6.07) is 6.91. The van der Waals surface area contributed by atoms with Gasteiger partial charge in [-0.15, -0.1) is 0 Å². The van der Waals surface area contributed by atoms with E-state index < -0.39 is 6.10 Å². The van der Waals surface area contributed by atoms with E-state index in [1.165, 1.54) is 27.4 Å². The van der Waals surface area contributed by atoms with Crippen molar-refractivity contribution < 1.29 is 34.0 Å². The van der Waals surface area contributed by atoms with E-state index in [-0.39, 0.29) is 29.8 Å². The van der Waals surface area contributed by atoms with Crippen LogP contribution < -0.4 is 18.9 Å². The van der Waals surface area contributed by atoms with E-state index in [4.69, 9.17) is 18.9 Å². The molecule has 0 amide bonds. The Hall–Kier alpha value is -3.19. The highest BCUT2D eigenvalue weighted by atomic mass is 16.5. The number of benzene rings is 2. The van der Waals surface area contributed by atoms with Crippen LogP contribution in [0.2, 0.25) is 0 Å². The molecule has 28 heavy (non-hydrogen) atoms. The van der Waals surface area contributed by atoms with Crippen molar-refractivity contribution >= 4 is 12.4 Å². The summed E-state index contributed by atoms with van der Waals surface area (Å²) in [4.78, 5) is 10.6. The van der Waals surface area contributed by atoms with E-state index in [0.29, 0.717) is 23.3 Å². The first kappa shape index (κ1) is 19.6. The molecule has 0 aromatic heterocycles. The van der Waals surface area contributed by atoms with Crippen molar-refractivity contribution in [3.8, 4) is 28.7 Å². The lowest BCUT2D eigenvalue weighted by molar-refractivity contribution is -0.104. The van der Waals surface area contributed by atoms with Crippen molar-refractivity contribution in [1.29, 1.82) is 0 Å². The van der Waals surface area contributed by atoms with Crippen molar-refractivity contribution in [1.82, 2.24) is 0 Å². The third-order valence-corrected chi connectivity index (χ3v) is 4.73. The first-order valence-electron chi connectivity index (χ1n) is 8.64. The van der Waals surface area contributed by atoms with Gasteiger partial charge in [0.25, 0.3) is 0 Å². The molecule has 0 bridgehead atoms. The number of fused-ring (bicyclic) bond motifs is 1. The smallest absolute Gasteiger partial charge is 0.200 e. The molecule has 0 saturated heterocycles. The number of aliphatic hydroxyl groups excluding tert-OH is 1. The molecular weight excluding hydrogens is 364 g/mol. The number of hydrogen-bond acceptors (Lipinski definition) is 7. The first-order valence-corrected chi connectivity index (χ1v) is 8.64. The molecule has 2 aromatic carbocycles. The van der Waals surface area contributed by atoms with Crippen LogP contribution in [0.15, 0.2) is 30.3 Å². The first-order chi connectivity index (χ1) is 13.6. The van der Waals surface area contributed by atoms with Gasteiger partial charge in [0.1, 0.15) is 12.4 Å². The third kappa shape index (κ3) is 3.36. The molecule has 1 heterocycles. The summed E-state index contributed by atoms with van der Waals surface area (Å²) < 4.78 is 22.0. The van der Waals surface area contributed by atoms with Crippen molar-refractivity contribution in [2.24, 2.45) is 0 Å². The number of methoxy groups -OCH3 is 3. The number of allylic oxidation sites excluding steroid dienone is 1. The van der Waals surface area contributed by atoms with Crippen LogP contribution in [0.1, 0.15) is 28.7 Å². The minimum absolute atomic E-state index is 0.108. The fraction of sp³-hybridized carbons (Fsp3) is 0.286. The third-order valence-electron chi connectivity index (χ3n) is 4.73. The maximum Gasteiger partial charge on any atom is 0.200 e. The topological polar surface area (TPSA) is 94.5 Å². The van der Waals surface area contributed by atoms with E-state index in [1.54, 1.807) is 24.3 Å². The average molecular weight is 386 g/mol. The number of aliphatic hydroxyl groups is 1. The molecule has 2 unspecified atom stereocenters. The molecule has 7 heteroatoms. The van der Waals surface area contributed by atoms with Crippen LogP contribution >= 0.6 is 0 Å². The number of carbonyl (C=O) groups excluding carboxylic acids is 1. The summed E-state index contributed by atoms with van der Waals surface area (Å²) in [7, 11) is 4.42. The van der Waals surface area contributed by atoms with Gasteiger partial charge < -0.3 is 29.2 Å². The van der Waals surface area contributed by atoms with Crippen LogP contribution in [0.5, 0.6) is 28.7 Å². The Bertz CT molecular complexity index is 879. The predicted molar refractivity (Wildman–Crippen MR) is 102 cm³/mol. The molecule has 3 rings (SSSR count). The van der Waals surface area contributed by atoms with Gasteiger partial charge in [-0.05, 0) is 35.9 Å². The van der Waals surface area contributed by atoms with Crippen LogP contribution in [0.25, 0.3) is 6.08 Å². The lowest BCUT2D eigenvalue weighted by Gasteiger charge is -2.20. The van der Waals surface area contributed by atoms with Gasteiger partial charge in [0.2, 0.25) is 5.75 Å². The monoisotopic (exact) mass is 386 g/mol. The minimum atomic E-state index is -0.539. The zero-order valence-electron chi connectivity index (χ0n) is 15.8. The Morgan fingerprint density at radius 3 is 2.21 bits per heavy atom. The molecule has 148 valence electrons. The van der Waals surface area contributed by atoms with Crippen LogP contribution in [-0.2, 0) is 4.79 Å². The van der Waals surface area contributed by atoms with Crippen LogP contribution in [-0.4, -0.2) is 44.4 Å². The zero-order chi connectivity index (χ0) is 20.3. The maximum absolute atomic E-state index is 10.6. The number of aldehydes is 1. The number of phenolic OH excluding ortho intramolecular Hbond substituents is 1. The molecule has 1 aliphatic rings. The molecule has 0 saturated carbocycles. The molecule has 2 aromatic rings. The minimum Gasteiger partial charge on any atom is -0.502 e. The summed E-state index contributed by atoms with van der Waals surface area (Å²) in [5.41, 5.74) is 2.20. The quantitative estimate of drug-likeness (QED) is 0.558. The van der Waals surface area contributed by atoms with Crippen LogP contribution in [0, 0.1) is 0 Å². The fourth-order valence-corrected chi connectivity index (χ4v) is 3.39. The van der Waals surface area contributed by atoms with E-state index in [9.17, 15) is 15.0 Å². The molecule has 2 N–H and O–H groups in total. The Balaban J connectivity index is 2.10. The normalized spacial score (nSPS) is 17.9. The lowest BCUT2D eigenvalue weighted by atomic mass is 9.90. The molecule has 1 aliphatic heterocycles. The number of phenols is 1. The second-order valence-corrected chi connectivity index (χ2v) is 6.24. The summed E-state index contributed by atoms with van der Waals surface area (Å²) >= 11 is 0. The van der Waals surface area contributed by atoms with Crippen molar-refractivity contribution in [3.63, 3.8) is 0 Å². The predicted octanol–water partition coefficient (Wildman–Crippen LogP) is 2.84. The van der Waals surface area contributed by atoms with Gasteiger partial charge in [-0.25, -0.2) is 0 Å². The van der Waals surface area contributed by atoms with Gasteiger partial charge in [-0.3, -0.25) is 4.79 Å². The molecule has 7 nitrogen and oxygen atoms in total. The van der Waals surface area contributed by atoms with Gasteiger partial charge in [-0.1, -0.05) is 6.08 Å². The fourth-order valence-electron chi connectivity index (χ4n) is 3.39. The van der Waals surface area contributed by atoms with E-state index >= 15 is 0 Å². The van der Waals surface area contributed by atoms with Gasteiger partial charge in [0, 0.05) is 11.1 Å². The highest BCUT2D eigenvalue weighted by Crippen LogP contribution is 2.52. The Labute approximate surface area is 162 Å². The van der Waals surface area contributed by atoms with Gasteiger partial charge in [0.15, 0.2) is 23.0 Å². The van der Waals surface area contributed by atoms with E-state index in [0.717, 1.165) is 11.1 Å². The van der Waals surface area contributed by atoms with E-state index in [2.05, 4.69) is 0 Å². The second-order valence-electron chi connectivity index (χ2n) is 6.24. The number of carbonyl (C=O) groups is 1. The maximum atomic E-state index is 10.6. The average Bonchev–Trinajstić information content (AvgIpc) is 3.10. The van der Waals surface area contributed by atoms with Gasteiger partial charge >= 0.3 is 0 Å². The van der Waals surface area contributed by atoms with Crippen molar-refractivity contribution in [2.45, 2.75) is 12.0 Å². The number of rotatable bonds is 7. The number of hydrogen-bond donors (Lipinski definition) is 2. The summed E-state index contributed by atoms with van der Waals surface area (Å²) in [5, 5.41) is 20.2. The van der Waals surface area contributed by atoms with E-state index in [1.807, 2.05) is 6.07 Å². The Kier molecular flexibility index (Phi) is 5.75. The second kappa shape index (κ2) is 8.22. The summed E-state index contributed by atoms with van der Waals surface area (Å²) in [6.45, 7) is -0.173. The largest absolute Gasteiger partial charge is 0.502 e. The van der Waals surface area contributed by atoms with Gasteiger partial charge in [-0.2, -0.15) is 0 Å². The van der Waals surface area contributed by atoms with Crippen LogP contribution in [0.3, 0.4) is 0 Å². The molecule has 0 fully saturated rings. The summed E-state index contributed by atoms with van der Waals surface area (Å²) in [5.74, 6) is 1.03. The Morgan fingerprint density at radius 1 is 1.04 bits per heavy atom. The van der Waals surface area contributed by atoms with Gasteiger partial charge in [0.05, 0.1) is 33.9 Å². The highest BCUT2D eigenvalue weighted by Gasteiger charge is 2.38. The molecular formula is C21H22O7. The molecule has 2 atom stereocenters. The molecule has 0 spiro atoms. The Morgan fingerprint density at radius 2 is 1.68 bits per heavy atom.